The Hall–Kier alpha value is -1.91. The first kappa shape index (κ1) is 8.40. The molecule has 1 aromatic heterocycles. The highest BCUT2D eigenvalue weighted by molar-refractivity contribution is 5.95. The van der Waals surface area contributed by atoms with Crippen molar-refractivity contribution in [2.45, 2.75) is 6.42 Å². The van der Waals surface area contributed by atoms with E-state index in [2.05, 4.69) is 10.4 Å². The summed E-state index contributed by atoms with van der Waals surface area (Å²) < 4.78 is 13.1. The molecule has 0 fully saturated rings. The van der Waals surface area contributed by atoms with E-state index < -0.39 is 5.56 Å². The summed E-state index contributed by atoms with van der Waals surface area (Å²) in [5.74, 6) is 0. The number of nitrogens with one attached hydrogen (secondary N) is 1. The van der Waals surface area contributed by atoms with Crippen LogP contribution >= 0.6 is 0 Å². The molecule has 0 aliphatic carbocycles. The number of nitrogens with zero attached hydrogens (tertiary/aromatic N) is 2. The maximum atomic E-state index is 13.1. The minimum absolute atomic E-state index is 0.0766. The Labute approximate surface area is 84.3 Å². The Morgan fingerprint density at radius 3 is 3.20 bits per heavy atom. The van der Waals surface area contributed by atoms with Gasteiger partial charge in [0.05, 0.1) is 11.1 Å². The maximum absolute atomic E-state index is 13.1. The molecular weight excluding hydrogens is 197 g/mol. The van der Waals surface area contributed by atoms with Gasteiger partial charge in [0.1, 0.15) is 0 Å². The number of rotatable bonds is 0. The minimum Gasteiger partial charge on any atom is -0.384 e. The fourth-order valence-corrected chi connectivity index (χ4v) is 1.98. The smallest absolute Gasteiger partial charge is 0.305 e. The van der Waals surface area contributed by atoms with E-state index in [0.29, 0.717) is 17.5 Å². The van der Waals surface area contributed by atoms with Crippen molar-refractivity contribution in [2.75, 3.05) is 11.9 Å². The lowest BCUT2D eigenvalue weighted by molar-refractivity contribution is 0.294. The molecule has 0 amide bonds. The average molecular weight is 205 g/mol. The van der Waals surface area contributed by atoms with Crippen molar-refractivity contribution in [1.82, 2.24) is 10.0 Å². The summed E-state index contributed by atoms with van der Waals surface area (Å²) in [7, 11) is 0. The van der Waals surface area contributed by atoms with Gasteiger partial charge in [-0.15, -0.1) is 5.10 Å². The second-order valence-corrected chi connectivity index (χ2v) is 3.52. The van der Waals surface area contributed by atoms with Gasteiger partial charge in [-0.1, -0.05) is 15.5 Å². The number of aromatic nitrogens is 2. The van der Waals surface area contributed by atoms with E-state index in [-0.39, 0.29) is 4.90 Å². The molecule has 4 nitrogen and oxygen atoms in total. The molecule has 1 aliphatic heterocycles. The molecule has 0 spiro atoms. The molecule has 0 saturated heterocycles. The van der Waals surface area contributed by atoms with Gasteiger partial charge in [-0.25, -0.2) is 0 Å². The molecule has 0 saturated carbocycles. The van der Waals surface area contributed by atoms with Crippen molar-refractivity contribution in [1.29, 1.82) is 0 Å². The zero-order valence-corrected chi connectivity index (χ0v) is 7.83. The molecule has 0 bridgehead atoms. The van der Waals surface area contributed by atoms with Crippen LogP contribution in [0.25, 0.3) is 10.8 Å². The van der Waals surface area contributed by atoms with Crippen molar-refractivity contribution < 1.29 is 4.48 Å². The quantitative estimate of drug-likeness (QED) is 0.700. The van der Waals surface area contributed by atoms with Crippen LogP contribution in [0.4, 0.5) is 10.2 Å². The highest BCUT2D eigenvalue weighted by Crippen LogP contribution is 2.26. The normalized spacial score (nSPS) is 13.9. The first-order valence-corrected chi connectivity index (χ1v) is 4.72. The second kappa shape index (κ2) is 2.79. The lowest BCUT2D eigenvalue weighted by Crippen LogP contribution is -2.23. The van der Waals surface area contributed by atoms with Gasteiger partial charge in [0.15, 0.2) is 0 Å². The van der Waals surface area contributed by atoms with Crippen LogP contribution in [-0.2, 0) is 6.42 Å². The van der Waals surface area contributed by atoms with E-state index in [1.165, 1.54) is 0 Å². The van der Waals surface area contributed by atoms with Crippen LogP contribution < -0.4 is 10.9 Å². The molecule has 0 unspecified atom stereocenters. The van der Waals surface area contributed by atoms with Gasteiger partial charge in [-0.05, 0) is 12.1 Å². The topological polar surface area (TPSA) is 46.9 Å². The number of hydrogen-bond acceptors (Lipinski definition) is 3. The van der Waals surface area contributed by atoms with E-state index in [1.807, 2.05) is 6.07 Å². The van der Waals surface area contributed by atoms with Crippen molar-refractivity contribution in [2.24, 2.45) is 0 Å². The summed E-state index contributed by atoms with van der Waals surface area (Å²) in [5, 5.41) is 7.93. The molecule has 76 valence electrons. The van der Waals surface area contributed by atoms with Gasteiger partial charge in [0.25, 0.3) is 0 Å². The van der Waals surface area contributed by atoms with Gasteiger partial charge in [-0.3, -0.25) is 4.79 Å². The predicted molar refractivity (Wildman–Crippen MR) is 54.7 cm³/mol. The molecular formula is C10H8FN3O. The first-order valence-electron chi connectivity index (χ1n) is 4.72. The van der Waals surface area contributed by atoms with Crippen molar-refractivity contribution in [3.05, 3.63) is 34.2 Å². The minimum atomic E-state index is -0.695. The SMILES string of the molecule is O=c1c2cccc3c2c(nn1F)CCN3. The van der Waals surface area contributed by atoms with E-state index in [1.54, 1.807) is 12.1 Å². The largest absolute Gasteiger partial charge is 0.384 e. The van der Waals surface area contributed by atoms with Crippen LogP contribution in [0.2, 0.25) is 0 Å². The van der Waals surface area contributed by atoms with E-state index >= 15 is 0 Å². The Kier molecular flexibility index (Phi) is 1.56. The zero-order chi connectivity index (χ0) is 10.4. The summed E-state index contributed by atoms with van der Waals surface area (Å²) in [6.45, 7) is 0.720. The molecule has 0 radical (unpaired) electrons. The third-order valence-electron chi connectivity index (χ3n) is 2.64. The fourth-order valence-electron chi connectivity index (χ4n) is 1.98. The van der Waals surface area contributed by atoms with Crippen molar-refractivity contribution in [3.63, 3.8) is 0 Å². The molecule has 2 aromatic rings. The summed E-state index contributed by atoms with van der Waals surface area (Å²) in [4.78, 5) is 11.4. The Morgan fingerprint density at radius 1 is 1.47 bits per heavy atom. The van der Waals surface area contributed by atoms with E-state index in [9.17, 15) is 9.28 Å². The lowest BCUT2D eigenvalue weighted by Gasteiger charge is -2.17. The Balaban J connectivity index is 2.58. The predicted octanol–water partition coefficient (Wildman–Crippen LogP) is 1.10. The van der Waals surface area contributed by atoms with Crippen LogP contribution in [0.15, 0.2) is 23.0 Å². The number of benzene rings is 1. The van der Waals surface area contributed by atoms with Crippen LogP contribution in [0.3, 0.4) is 0 Å². The number of halogens is 1. The van der Waals surface area contributed by atoms with Crippen molar-refractivity contribution in [3.8, 4) is 0 Å². The van der Waals surface area contributed by atoms with E-state index in [4.69, 9.17) is 0 Å². The summed E-state index contributed by atoms with van der Waals surface area (Å²) in [6, 6.07) is 5.23. The van der Waals surface area contributed by atoms with Crippen LogP contribution in [0, 0.1) is 0 Å². The Morgan fingerprint density at radius 2 is 2.33 bits per heavy atom. The van der Waals surface area contributed by atoms with Crippen molar-refractivity contribution >= 4 is 16.5 Å². The third-order valence-corrected chi connectivity index (χ3v) is 2.64. The average Bonchev–Trinajstić information content (AvgIpc) is 2.26. The van der Waals surface area contributed by atoms with Crippen LogP contribution in [0.5, 0.6) is 0 Å². The molecule has 1 N–H and O–H groups in total. The molecule has 0 atom stereocenters. The second-order valence-electron chi connectivity index (χ2n) is 3.52. The van der Waals surface area contributed by atoms with Crippen LogP contribution in [0.1, 0.15) is 5.69 Å². The Bertz CT molecular complexity index is 605. The standard InChI is InChI=1S/C10H8FN3O/c11-14-10(15)6-2-1-3-7-9(6)8(13-14)4-5-12-7/h1-3,12H,4-5H2. The summed E-state index contributed by atoms with van der Waals surface area (Å²) >= 11 is 0. The van der Waals surface area contributed by atoms with Gasteiger partial charge >= 0.3 is 5.56 Å². The number of anilines is 1. The van der Waals surface area contributed by atoms with Crippen LogP contribution in [-0.4, -0.2) is 16.5 Å². The third kappa shape index (κ3) is 1.06. The zero-order valence-electron chi connectivity index (χ0n) is 7.83. The summed E-state index contributed by atoms with van der Waals surface area (Å²) in [6.07, 6.45) is 0.637. The van der Waals surface area contributed by atoms with Gasteiger partial charge < -0.3 is 5.32 Å². The molecule has 5 heteroatoms. The molecule has 1 aromatic carbocycles. The van der Waals surface area contributed by atoms with Gasteiger partial charge in [0, 0.05) is 24.0 Å². The first-order chi connectivity index (χ1) is 7.27. The summed E-state index contributed by atoms with van der Waals surface area (Å²) in [5.41, 5.74) is 0.805. The van der Waals surface area contributed by atoms with Gasteiger partial charge in [0.2, 0.25) is 0 Å². The molecule has 2 heterocycles. The highest BCUT2D eigenvalue weighted by Gasteiger charge is 2.16. The number of hydrogen-bond donors (Lipinski definition) is 1. The monoisotopic (exact) mass is 205 g/mol. The van der Waals surface area contributed by atoms with E-state index in [0.717, 1.165) is 17.6 Å². The highest BCUT2D eigenvalue weighted by atomic mass is 19.2. The lowest BCUT2D eigenvalue weighted by atomic mass is 10.0. The fraction of sp³-hybridized carbons (Fsp3) is 0.200. The molecule has 3 rings (SSSR count). The molecule has 15 heavy (non-hydrogen) atoms. The maximum Gasteiger partial charge on any atom is 0.305 e. The molecule has 1 aliphatic rings. The van der Waals surface area contributed by atoms with Gasteiger partial charge in [-0.2, -0.15) is 0 Å².